The lowest BCUT2D eigenvalue weighted by Crippen LogP contribution is -2.47. The predicted octanol–water partition coefficient (Wildman–Crippen LogP) is 1.44. The summed E-state index contributed by atoms with van der Waals surface area (Å²) in [6.07, 6.45) is 2.37. The highest BCUT2D eigenvalue weighted by molar-refractivity contribution is 5.80. The minimum atomic E-state index is -0.239. The third-order valence-corrected chi connectivity index (χ3v) is 5.82. The number of rotatable bonds is 6. The molecule has 26 heavy (non-hydrogen) atoms. The summed E-state index contributed by atoms with van der Waals surface area (Å²) < 4.78 is 5.59. The number of hydrogen-bond acceptors (Lipinski definition) is 4. The van der Waals surface area contributed by atoms with Gasteiger partial charge >= 0.3 is 0 Å². The van der Waals surface area contributed by atoms with E-state index in [1.54, 1.807) is 26.0 Å². The van der Waals surface area contributed by atoms with Gasteiger partial charge in [0.2, 0.25) is 11.8 Å². The summed E-state index contributed by atoms with van der Waals surface area (Å²) in [5, 5.41) is 3.07. The van der Waals surface area contributed by atoms with Crippen molar-refractivity contribution in [1.82, 2.24) is 10.2 Å². The van der Waals surface area contributed by atoms with Crippen LogP contribution < -0.4 is 10.2 Å². The summed E-state index contributed by atoms with van der Waals surface area (Å²) in [4.78, 5) is 28.3. The van der Waals surface area contributed by atoms with Gasteiger partial charge in [0.25, 0.3) is 0 Å². The van der Waals surface area contributed by atoms with Gasteiger partial charge < -0.3 is 19.9 Å². The van der Waals surface area contributed by atoms with Gasteiger partial charge in [0.1, 0.15) is 0 Å². The van der Waals surface area contributed by atoms with Crippen molar-refractivity contribution in [2.24, 2.45) is 5.92 Å². The molecular formula is C20H29N3O3. The number of amides is 2. The average Bonchev–Trinajstić information content (AvgIpc) is 3.25. The van der Waals surface area contributed by atoms with Crippen LogP contribution in [-0.4, -0.2) is 62.7 Å². The van der Waals surface area contributed by atoms with Crippen molar-refractivity contribution in [3.05, 3.63) is 29.8 Å². The second-order valence-electron chi connectivity index (χ2n) is 7.24. The Bertz CT molecular complexity index is 663. The van der Waals surface area contributed by atoms with Crippen LogP contribution >= 0.6 is 0 Å². The minimum Gasteiger partial charge on any atom is -0.378 e. The third-order valence-electron chi connectivity index (χ3n) is 5.82. The number of ether oxygens (including phenoxy) is 1. The second kappa shape index (κ2) is 8.08. The first kappa shape index (κ1) is 18.7. The first-order valence-corrected chi connectivity index (χ1v) is 9.39. The second-order valence-corrected chi connectivity index (χ2v) is 7.24. The zero-order valence-corrected chi connectivity index (χ0v) is 15.9. The van der Waals surface area contributed by atoms with E-state index in [2.05, 4.69) is 34.5 Å². The van der Waals surface area contributed by atoms with E-state index in [9.17, 15) is 9.59 Å². The van der Waals surface area contributed by atoms with Crippen molar-refractivity contribution < 1.29 is 14.3 Å². The fourth-order valence-corrected chi connectivity index (χ4v) is 4.28. The molecule has 0 unspecified atom stereocenters. The van der Waals surface area contributed by atoms with E-state index in [-0.39, 0.29) is 29.9 Å². The van der Waals surface area contributed by atoms with E-state index in [1.165, 1.54) is 11.3 Å². The number of likely N-dealkylation sites (N-methyl/N-ethyl adjacent to an activating group) is 1. The van der Waals surface area contributed by atoms with Crippen molar-refractivity contribution in [2.45, 2.75) is 38.3 Å². The molecule has 1 aromatic carbocycles. The third kappa shape index (κ3) is 3.70. The number of anilines is 1. The molecule has 6 nitrogen and oxygen atoms in total. The van der Waals surface area contributed by atoms with Crippen LogP contribution in [0.1, 0.15) is 25.3 Å². The van der Waals surface area contributed by atoms with Gasteiger partial charge in [-0.1, -0.05) is 18.2 Å². The first-order valence-electron chi connectivity index (χ1n) is 9.39. The maximum atomic E-state index is 12.7. The Labute approximate surface area is 155 Å². The zero-order valence-electron chi connectivity index (χ0n) is 15.9. The van der Waals surface area contributed by atoms with E-state index in [0.717, 1.165) is 32.4 Å². The summed E-state index contributed by atoms with van der Waals surface area (Å²) in [5.74, 6) is -0.160. The minimum absolute atomic E-state index is 0.00538. The molecular weight excluding hydrogens is 330 g/mol. The summed E-state index contributed by atoms with van der Waals surface area (Å²) in [6, 6.07) is 8.41. The molecule has 0 radical (unpaired) electrons. The van der Waals surface area contributed by atoms with Crippen molar-refractivity contribution in [2.75, 3.05) is 38.7 Å². The van der Waals surface area contributed by atoms with Gasteiger partial charge in [0.05, 0.1) is 18.1 Å². The number of carbonyl (C=O) groups is 2. The quantitative estimate of drug-likeness (QED) is 0.835. The molecule has 1 heterocycles. The Morgan fingerprint density at radius 1 is 1.31 bits per heavy atom. The molecule has 2 aliphatic rings. The zero-order chi connectivity index (χ0) is 18.7. The van der Waals surface area contributed by atoms with Gasteiger partial charge in [-0.15, -0.1) is 0 Å². The maximum absolute atomic E-state index is 12.7. The molecule has 1 saturated carbocycles. The van der Waals surface area contributed by atoms with Gasteiger partial charge in [0.15, 0.2) is 0 Å². The monoisotopic (exact) mass is 359 g/mol. The highest BCUT2D eigenvalue weighted by Crippen LogP contribution is 2.32. The Kier molecular flexibility index (Phi) is 5.81. The van der Waals surface area contributed by atoms with Crippen molar-refractivity contribution in [3.8, 4) is 0 Å². The normalized spacial score (nSPS) is 24.4. The first-order chi connectivity index (χ1) is 12.5. The number of carbonyl (C=O) groups excluding carboxylic acids is 2. The number of methoxy groups -OCH3 is 1. The number of hydrogen-bond donors (Lipinski definition) is 1. The standard InChI is InChI=1S/C20H29N3O3/c1-14(24)22(2)18-9-8-16(19(18)26-3)20(25)21-11-13-23-12-10-15-6-4-5-7-17(15)23/h4-7,16,18-19H,8-13H2,1-3H3,(H,21,25)/t16-,18-,19+/m1/s1. The van der Waals surface area contributed by atoms with Gasteiger partial charge in [-0.2, -0.15) is 0 Å². The molecule has 1 aromatic rings. The molecule has 3 atom stereocenters. The summed E-state index contributed by atoms with van der Waals surface area (Å²) in [5.41, 5.74) is 2.66. The summed E-state index contributed by atoms with van der Waals surface area (Å²) in [6.45, 7) is 3.98. The van der Waals surface area contributed by atoms with Gasteiger partial charge in [-0.05, 0) is 30.9 Å². The molecule has 1 aliphatic carbocycles. The van der Waals surface area contributed by atoms with Gasteiger partial charge in [-0.25, -0.2) is 0 Å². The molecule has 142 valence electrons. The molecule has 0 bridgehead atoms. The maximum Gasteiger partial charge on any atom is 0.225 e. The average molecular weight is 359 g/mol. The molecule has 0 spiro atoms. The molecule has 1 fully saturated rings. The lowest BCUT2D eigenvalue weighted by Gasteiger charge is -2.30. The molecule has 1 N–H and O–H groups in total. The van der Waals surface area contributed by atoms with Crippen LogP contribution in [0.3, 0.4) is 0 Å². The number of para-hydroxylation sites is 1. The van der Waals surface area contributed by atoms with Crippen LogP contribution in [0, 0.1) is 5.92 Å². The number of fused-ring (bicyclic) bond motifs is 1. The molecule has 6 heteroatoms. The molecule has 1 aliphatic heterocycles. The number of benzene rings is 1. The topological polar surface area (TPSA) is 61.9 Å². The molecule has 0 saturated heterocycles. The molecule has 3 rings (SSSR count). The lowest BCUT2D eigenvalue weighted by atomic mass is 10.0. The molecule has 2 amide bonds. The van der Waals surface area contributed by atoms with Crippen LogP contribution in [0.4, 0.5) is 5.69 Å². The van der Waals surface area contributed by atoms with Crippen LogP contribution in [0.2, 0.25) is 0 Å². The Morgan fingerprint density at radius 2 is 2.08 bits per heavy atom. The Hall–Kier alpha value is -2.08. The number of nitrogens with zero attached hydrogens (tertiary/aromatic N) is 2. The van der Waals surface area contributed by atoms with Crippen LogP contribution in [-0.2, 0) is 20.7 Å². The molecule has 0 aromatic heterocycles. The van der Waals surface area contributed by atoms with Crippen LogP contribution in [0.5, 0.6) is 0 Å². The smallest absolute Gasteiger partial charge is 0.225 e. The SMILES string of the molecule is CO[C@@H]1[C@H](N(C)C(C)=O)CC[C@H]1C(=O)NCCN1CCc2ccccc21. The lowest BCUT2D eigenvalue weighted by molar-refractivity contribution is -0.135. The van der Waals surface area contributed by atoms with Crippen molar-refractivity contribution >= 4 is 17.5 Å². The fourth-order valence-electron chi connectivity index (χ4n) is 4.28. The highest BCUT2D eigenvalue weighted by Gasteiger charge is 2.43. The Balaban J connectivity index is 1.52. The van der Waals surface area contributed by atoms with Crippen LogP contribution in [0.25, 0.3) is 0 Å². The van der Waals surface area contributed by atoms with Gasteiger partial charge in [0, 0.05) is 46.4 Å². The fraction of sp³-hybridized carbons (Fsp3) is 0.600. The highest BCUT2D eigenvalue weighted by atomic mass is 16.5. The Morgan fingerprint density at radius 3 is 2.81 bits per heavy atom. The van der Waals surface area contributed by atoms with Crippen molar-refractivity contribution in [1.29, 1.82) is 0 Å². The largest absolute Gasteiger partial charge is 0.378 e. The van der Waals surface area contributed by atoms with Crippen molar-refractivity contribution in [3.63, 3.8) is 0 Å². The van der Waals surface area contributed by atoms with E-state index < -0.39 is 0 Å². The van der Waals surface area contributed by atoms with Gasteiger partial charge in [-0.3, -0.25) is 9.59 Å². The summed E-state index contributed by atoms with van der Waals surface area (Å²) >= 11 is 0. The van der Waals surface area contributed by atoms with E-state index in [4.69, 9.17) is 4.74 Å². The van der Waals surface area contributed by atoms with E-state index >= 15 is 0 Å². The van der Waals surface area contributed by atoms with E-state index in [1.807, 2.05) is 0 Å². The van der Waals surface area contributed by atoms with E-state index in [0.29, 0.717) is 6.54 Å². The summed E-state index contributed by atoms with van der Waals surface area (Å²) in [7, 11) is 3.41. The predicted molar refractivity (Wildman–Crippen MR) is 101 cm³/mol. The number of nitrogens with one attached hydrogen (secondary N) is 1. The van der Waals surface area contributed by atoms with Crippen LogP contribution in [0.15, 0.2) is 24.3 Å².